The molecule has 4 atom stereocenters. The summed E-state index contributed by atoms with van der Waals surface area (Å²) in [6.07, 6.45) is 0.269. The van der Waals surface area contributed by atoms with Crippen LogP contribution in [0.2, 0.25) is 0 Å². The highest BCUT2D eigenvalue weighted by atomic mass is 16.5. The molecule has 8 heteroatoms. The van der Waals surface area contributed by atoms with E-state index < -0.39 is 35.3 Å². The van der Waals surface area contributed by atoms with Crippen molar-refractivity contribution in [2.75, 3.05) is 20.7 Å². The van der Waals surface area contributed by atoms with Crippen LogP contribution in [0.4, 0.5) is 0 Å². The van der Waals surface area contributed by atoms with E-state index in [0.29, 0.717) is 5.56 Å². The molecule has 2 saturated heterocycles. The Morgan fingerprint density at radius 1 is 1.06 bits per heavy atom. The van der Waals surface area contributed by atoms with Gasteiger partial charge in [-0.3, -0.25) is 29.4 Å². The van der Waals surface area contributed by atoms with Crippen LogP contribution in [0.15, 0.2) is 54.6 Å². The average molecular weight is 478 g/mol. The molecular formula is C27H31N3O5. The molecule has 4 rings (SSSR count). The second-order valence-electron chi connectivity index (χ2n) is 9.37. The van der Waals surface area contributed by atoms with Crippen molar-refractivity contribution in [3.05, 3.63) is 71.3 Å². The molecular weight excluding hydrogens is 446 g/mol. The van der Waals surface area contributed by atoms with Gasteiger partial charge in [0, 0.05) is 25.2 Å². The van der Waals surface area contributed by atoms with Gasteiger partial charge in [-0.25, -0.2) is 0 Å². The van der Waals surface area contributed by atoms with Crippen molar-refractivity contribution in [2.45, 2.75) is 38.4 Å². The van der Waals surface area contributed by atoms with Gasteiger partial charge in [0.1, 0.15) is 5.54 Å². The summed E-state index contributed by atoms with van der Waals surface area (Å²) in [4.78, 5) is 56.0. The minimum absolute atomic E-state index is 0.136. The fourth-order valence-electron chi connectivity index (χ4n) is 5.39. The Balaban J connectivity index is 1.64. The summed E-state index contributed by atoms with van der Waals surface area (Å²) in [6, 6.07) is 15.9. The molecule has 2 aromatic carbocycles. The molecule has 3 amide bonds. The van der Waals surface area contributed by atoms with Gasteiger partial charge in [-0.15, -0.1) is 0 Å². The molecule has 2 heterocycles. The topological polar surface area (TPSA) is 96.0 Å². The summed E-state index contributed by atoms with van der Waals surface area (Å²) in [5.41, 5.74) is 1.06. The van der Waals surface area contributed by atoms with Gasteiger partial charge < -0.3 is 9.64 Å². The van der Waals surface area contributed by atoms with Crippen LogP contribution >= 0.6 is 0 Å². The zero-order chi connectivity index (χ0) is 25.3. The molecule has 0 aliphatic carbocycles. The molecule has 8 nitrogen and oxygen atoms in total. The molecule has 2 aliphatic heterocycles. The van der Waals surface area contributed by atoms with Crippen molar-refractivity contribution in [3.63, 3.8) is 0 Å². The Morgan fingerprint density at radius 2 is 1.71 bits per heavy atom. The van der Waals surface area contributed by atoms with Crippen molar-refractivity contribution < 1.29 is 23.9 Å². The molecule has 0 spiro atoms. The molecule has 2 aromatic rings. The minimum Gasteiger partial charge on any atom is -0.468 e. The number of esters is 1. The SMILES string of the molecule is CC[C@@]1(C(=O)OC)N[C@H](CN(C)C(=O)c2ccc(C)cc2)[C@@H]2C(=O)N(Cc3ccccc3)C(=O)[C@@H]21. The number of carbonyl (C=O) groups excluding carboxylic acids is 4. The second-order valence-corrected chi connectivity index (χ2v) is 9.37. The zero-order valence-electron chi connectivity index (χ0n) is 20.5. The molecule has 0 saturated carbocycles. The van der Waals surface area contributed by atoms with Crippen LogP contribution in [-0.2, 0) is 25.7 Å². The standard InChI is InChI=1S/C27H31N3O5/c1-5-27(26(34)35-4)22-21(24(32)30(25(22)33)15-18-9-7-6-8-10-18)20(28-27)16-29(3)23(31)19-13-11-17(2)12-14-19/h6-14,20-22,28H,5,15-16H2,1-4H3/t20-,21+,22-,27-/m1/s1. The van der Waals surface area contributed by atoms with E-state index in [9.17, 15) is 19.2 Å². The molecule has 0 radical (unpaired) electrons. The van der Waals surface area contributed by atoms with Gasteiger partial charge in [0.25, 0.3) is 5.91 Å². The number of nitrogens with zero attached hydrogens (tertiary/aromatic N) is 2. The number of rotatable bonds is 7. The van der Waals surface area contributed by atoms with E-state index in [2.05, 4.69) is 5.32 Å². The Morgan fingerprint density at radius 3 is 2.31 bits per heavy atom. The fourth-order valence-corrected chi connectivity index (χ4v) is 5.39. The first-order valence-corrected chi connectivity index (χ1v) is 11.8. The van der Waals surface area contributed by atoms with Crippen LogP contribution in [0.1, 0.15) is 34.8 Å². The highest BCUT2D eigenvalue weighted by Gasteiger charge is 2.67. The first-order valence-electron chi connectivity index (χ1n) is 11.8. The van der Waals surface area contributed by atoms with E-state index in [1.165, 1.54) is 16.9 Å². The summed E-state index contributed by atoms with van der Waals surface area (Å²) < 4.78 is 5.09. The number of amides is 3. The summed E-state index contributed by atoms with van der Waals surface area (Å²) in [7, 11) is 2.94. The van der Waals surface area contributed by atoms with Gasteiger partial charge >= 0.3 is 5.97 Å². The first-order chi connectivity index (χ1) is 16.7. The summed E-state index contributed by atoms with van der Waals surface area (Å²) >= 11 is 0. The lowest BCUT2D eigenvalue weighted by molar-refractivity contribution is -0.154. The molecule has 0 aromatic heterocycles. The van der Waals surface area contributed by atoms with E-state index in [1.807, 2.05) is 49.4 Å². The zero-order valence-corrected chi connectivity index (χ0v) is 20.5. The lowest BCUT2D eigenvalue weighted by atomic mass is 9.78. The molecule has 1 N–H and O–H groups in total. The fraction of sp³-hybridized carbons (Fsp3) is 0.407. The maximum absolute atomic E-state index is 13.6. The Hall–Kier alpha value is -3.52. The third-order valence-electron chi connectivity index (χ3n) is 7.26. The molecule has 0 unspecified atom stereocenters. The summed E-state index contributed by atoms with van der Waals surface area (Å²) in [6.45, 7) is 4.03. The highest BCUT2D eigenvalue weighted by molar-refractivity contribution is 6.09. The van der Waals surface area contributed by atoms with Crippen LogP contribution < -0.4 is 5.32 Å². The molecule has 35 heavy (non-hydrogen) atoms. The minimum atomic E-state index is -1.34. The Bertz CT molecular complexity index is 1130. The van der Waals surface area contributed by atoms with E-state index in [1.54, 1.807) is 26.1 Å². The predicted molar refractivity (Wildman–Crippen MR) is 129 cm³/mol. The van der Waals surface area contributed by atoms with Crippen LogP contribution in [0.25, 0.3) is 0 Å². The maximum Gasteiger partial charge on any atom is 0.326 e. The largest absolute Gasteiger partial charge is 0.468 e. The molecule has 2 fully saturated rings. The van der Waals surface area contributed by atoms with E-state index in [0.717, 1.165) is 11.1 Å². The van der Waals surface area contributed by atoms with Crippen molar-refractivity contribution >= 4 is 23.7 Å². The first kappa shape index (κ1) is 24.6. The highest BCUT2D eigenvalue weighted by Crippen LogP contribution is 2.45. The van der Waals surface area contributed by atoms with Crippen LogP contribution in [0.5, 0.6) is 0 Å². The van der Waals surface area contributed by atoms with E-state index >= 15 is 0 Å². The summed E-state index contributed by atoms with van der Waals surface area (Å²) in [5, 5.41) is 3.26. The monoisotopic (exact) mass is 477 g/mol. The third-order valence-corrected chi connectivity index (χ3v) is 7.26. The van der Waals surface area contributed by atoms with Gasteiger partial charge in [0.05, 0.1) is 25.5 Å². The Kier molecular flexibility index (Phi) is 6.76. The number of carbonyl (C=O) groups is 4. The number of likely N-dealkylation sites (N-methyl/N-ethyl adjacent to an activating group) is 1. The van der Waals surface area contributed by atoms with Gasteiger partial charge in [-0.1, -0.05) is 55.0 Å². The van der Waals surface area contributed by atoms with Gasteiger partial charge in [-0.05, 0) is 31.0 Å². The second kappa shape index (κ2) is 9.62. The van der Waals surface area contributed by atoms with Crippen molar-refractivity contribution in [1.29, 1.82) is 0 Å². The van der Waals surface area contributed by atoms with Gasteiger partial charge in [0.2, 0.25) is 11.8 Å². The van der Waals surface area contributed by atoms with Crippen molar-refractivity contribution in [3.8, 4) is 0 Å². The maximum atomic E-state index is 13.6. The number of aryl methyl sites for hydroxylation is 1. The van der Waals surface area contributed by atoms with Crippen molar-refractivity contribution in [1.82, 2.24) is 15.1 Å². The van der Waals surface area contributed by atoms with Gasteiger partial charge in [0.15, 0.2) is 0 Å². The predicted octanol–water partition coefficient (Wildman–Crippen LogP) is 2.16. The Labute approximate surface area is 205 Å². The van der Waals surface area contributed by atoms with Crippen LogP contribution in [0, 0.1) is 18.8 Å². The number of imide groups is 1. The molecule has 2 aliphatic rings. The van der Waals surface area contributed by atoms with Crippen LogP contribution in [0.3, 0.4) is 0 Å². The van der Waals surface area contributed by atoms with E-state index in [-0.39, 0.29) is 31.3 Å². The number of hydrogen-bond acceptors (Lipinski definition) is 6. The number of fused-ring (bicyclic) bond motifs is 1. The number of ether oxygens (including phenoxy) is 1. The van der Waals surface area contributed by atoms with Gasteiger partial charge in [-0.2, -0.15) is 0 Å². The smallest absolute Gasteiger partial charge is 0.326 e. The number of nitrogens with one attached hydrogen (secondary N) is 1. The average Bonchev–Trinajstić information content (AvgIpc) is 3.33. The number of likely N-dealkylation sites (tertiary alicyclic amines) is 1. The lowest BCUT2D eigenvalue weighted by Crippen LogP contribution is -2.58. The lowest BCUT2D eigenvalue weighted by Gasteiger charge is -2.32. The number of methoxy groups -OCH3 is 1. The third kappa shape index (κ3) is 4.23. The number of hydrogen-bond donors (Lipinski definition) is 1. The van der Waals surface area contributed by atoms with Crippen molar-refractivity contribution in [2.24, 2.45) is 11.8 Å². The quantitative estimate of drug-likeness (QED) is 0.485. The molecule has 0 bridgehead atoms. The van der Waals surface area contributed by atoms with E-state index in [4.69, 9.17) is 4.74 Å². The van der Waals surface area contributed by atoms with Crippen LogP contribution in [-0.4, -0.2) is 65.8 Å². The summed E-state index contributed by atoms with van der Waals surface area (Å²) in [5.74, 6) is -3.18. The number of benzene rings is 2. The molecule has 184 valence electrons. The normalized spacial score (nSPS) is 25.5.